The van der Waals surface area contributed by atoms with E-state index >= 15 is 0 Å². The molecule has 19 heavy (non-hydrogen) atoms. The molecule has 102 valence electrons. The monoisotopic (exact) mass is 271 g/mol. The SMILES string of the molecule is Cc1ccoc1C(N)c1ccccc1OC(F)(F)F. The van der Waals surface area contributed by atoms with Crippen molar-refractivity contribution in [2.24, 2.45) is 5.73 Å². The summed E-state index contributed by atoms with van der Waals surface area (Å²) in [5, 5.41) is 0. The first-order valence-corrected chi connectivity index (χ1v) is 5.53. The first kappa shape index (κ1) is 13.5. The van der Waals surface area contributed by atoms with E-state index < -0.39 is 12.4 Å². The van der Waals surface area contributed by atoms with Crippen molar-refractivity contribution in [3.63, 3.8) is 0 Å². The quantitative estimate of drug-likeness (QED) is 0.928. The van der Waals surface area contributed by atoms with Crippen molar-refractivity contribution >= 4 is 0 Å². The average Bonchev–Trinajstić information content (AvgIpc) is 2.73. The first-order chi connectivity index (χ1) is 8.88. The van der Waals surface area contributed by atoms with E-state index in [2.05, 4.69) is 4.74 Å². The molecule has 0 saturated heterocycles. The number of alkyl halides is 3. The summed E-state index contributed by atoms with van der Waals surface area (Å²) in [4.78, 5) is 0. The Bertz CT molecular complexity index is 563. The topological polar surface area (TPSA) is 48.4 Å². The summed E-state index contributed by atoms with van der Waals surface area (Å²) in [6, 6.07) is 6.63. The van der Waals surface area contributed by atoms with Crippen LogP contribution in [0.2, 0.25) is 0 Å². The van der Waals surface area contributed by atoms with Crippen LogP contribution in [0, 0.1) is 6.92 Å². The molecule has 0 radical (unpaired) electrons. The van der Waals surface area contributed by atoms with Gasteiger partial charge in [-0.25, -0.2) is 0 Å². The highest BCUT2D eigenvalue weighted by Gasteiger charge is 2.33. The van der Waals surface area contributed by atoms with E-state index in [1.54, 1.807) is 19.1 Å². The fraction of sp³-hybridized carbons (Fsp3) is 0.231. The Morgan fingerprint density at radius 2 is 1.89 bits per heavy atom. The Balaban J connectivity index is 2.37. The number of hydrogen-bond donors (Lipinski definition) is 1. The van der Waals surface area contributed by atoms with E-state index in [1.165, 1.54) is 24.5 Å². The van der Waals surface area contributed by atoms with Gasteiger partial charge in [-0.2, -0.15) is 0 Å². The molecular weight excluding hydrogens is 259 g/mol. The van der Waals surface area contributed by atoms with Gasteiger partial charge >= 0.3 is 6.36 Å². The zero-order valence-corrected chi connectivity index (χ0v) is 10.1. The molecule has 6 heteroatoms. The largest absolute Gasteiger partial charge is 0.573 e. The van der Waals surface area contributed by atoms with Crippen molar-refractivity contribution in [3.05, 3.63) is 53.5 Å². The smallest absolute Gasteiger partial charge is 0.467 e. The van der Waals surface area contributed by atoms with E-state index in [9.17, 15) is 13.2 Å². The van der Waals surface area contributed by atoms with Crippen molar-refractivity contribution in [1.82, 2.24) is 0 Å². The summed E-state index contributed by atoms with van der Waals surface area (Å²) in [7, 11) is 0. The van der Waals surface area contributed by atoms with Gasteiger partial charge in [0, 0.05) is 5.56 Å². The molecular formula is C13H12F3NO2. The van der Waals surface area contributed by atoms with Crippen LogP contribution in [0.4, 0.5) is 13.2 Å². The summed E-state index contributed by atoms with van der Waals surface area (Å²) < 4.78 is 46.1. The Hall–Kier alpha value is -1.95. The van der Waals surface area contributed by atoms with Gasteiger partial charge < -0.3 is 14.9 Å². The van der Waals surface area contributed by atoms with Crippen LogP contribution in [-0.2, 0) is 0 Å². The molecule has 2 N–H and O–H groups in total. The molecule has 0 amide bonds. The molecule has 0 saturated carbocycles. The molecule has 0 fully saturated rings. The van der Waals surface area contributed by atoms with Crippen LogP contribution in [0.1, 0.15) is 22.9 Å². The average molecular weight is 271 g/mol. The summed E-state index contributed by atoms with van der Waals surface area (Å²) >= 11 is 0. The maximum atomic E-state index is 12.3. The van der Waals surface area contributed by atoms with Gasteiger partial charge in [0.1, 0.15) is 11.5 Å². The lowest BCUT2D eigenvalue weighted by molar-refractivity contribution is -0.274. The molecule has 2 rings (SSSR count). The summed E-state index contributed by atoms with van der Waals surface area (Å²) in [5.74, 6) is 0.0940. The molecule has 1 atom stereocenters. The van der Waals surface area contributed by atoms with Crippen LogP contribution in [0.3, 0.4) is 0 Å². The van der Waals surface area contributed by atoms with Gasteiger partial charge in [0.15, 0.2) is 0 Å². The zero-order valence-electron chi connectivity index (χ0n) is 10.1. The second kappa shape index (κ2) is 4.97. The first-order valence-electron chi connectivity index (χ1n) is 5.53. The molecule has 1 heterocycles. The Morgan fingerprint density at radius 3 is 2.47 bits per heavy atom. The summed E-state index contributed by atoms with van der Waals surface area (Å²) in [6.45, 7) is 1.77. The Kier molecular flexibility index (Phi) is 3.53. The minimum atomic E-state index is -4.76. The minimum absolute atomic E-state index is 0.220. The number of hydrogen-bond acceptors (Lipinski definition) is 3. The van der Waals surface area contributed by atoms with Crippen molar-refractivity contribution in [1.29, 1.82) is 0 Å². The van der Waals surface area contributed by atoms with Gasteiger partial charge in [0.05, 0.1) is 12.3 Å². The van der Waals surface area contributed by atoms with Gasteiger partial charge in [-0.15, -0.1) is 13.2 Å². The van der Waals surface area contributed by atoms with Crippen LogP contribution in [0.25, 0.3) is 0 Å². The van der Waals surface area contributed by atoms with Gasteiger partial charge in [-0.3, -0.25) is 0 Å². The molecule has 1 aromatic carbocycles. The van der Waals surface area contributed by atoms with E-state index in [4.69, 9.17) is 10.2 Å². The molecule has 0 aliphatic heterocycles. The third kappa shape index (κ3) is 3.08. The molecule has 1 aromatic heterocycles. The highest BCUT2D eigenvalue weighted by molar-refractivity contribution is 5.40. The van der Waals surface area contributed by atoms with Crippen molar-refractivity contribution in [2.45, 2.75) is 19.3 Å². The maximum absolute atomic E-state index is 12.3. The lowest BCUT2D eigenvalue weighted by Crippen LogP contribution is -2.20. The highest BCUT2D eigenvalue weighted by Crippen LogP contribution is 2.33. The molecule has 0 aliphatic rings. The standard InChI is InChI=1S/C13H12F3NO2/c1-8-6-7-18-12(8)11(17)9-4-2-3-5-10(9)19-13(14,15)16/h2-7,11H,17H2,1H3. The van der Waals surface area contributed by atoms with Crippen molar-refractivity contribution in [2.75, 3.05) is 0 Å². The highest BCUT2D eigenvalue weighted by atomic mass is 19.4. The van der Waals surface area contributed by atoms with E-state index in [0.29, 0.717) is 5.76 Å². The van der Waals surface area contributed by atoms with Crippen LogP contribution < -0.4 is 10.5 Å². The third-order valence-corrected chi connectivity index (χ3v) is 2.66. The predicted molar refractivity (Wildman–Crippen MR) is 62.6 cm³/mol. The van der Waals surface area contributed by atoms with Gasteiger partial charge in [0.25, 0.3) is 0 Å². The number of rotatable bonds is 3. The van der Waals surface area contributed by atoms with Crippen LogP contribution >= 0.6 is 0 Å². The number of halogens is 3. The molecule has 0 aliphatic carbocycles. The zero-order chi connectivity index (χ0) is 14.0. The van der Waals surface area contributed by atoms with Crippen LogP contribution in [0.15, 0.2) is 41.0 Å². The van der Waals surface area contributed by atoms with Crippen molar-refractivity contribution in [3.8, 4) is 5.75 Å². The van der Waals surface area contributed by atoms with E-state index in [0.717, 1.165) is 5.56 Å². The van der Waals surface area contributed by atoms with E-state index in [1.807, 2.05) is 0 Å². The fourth-order valence-electron chi connectivity index (χ4n) is 1.80. The molecule has 0 spiro atoms. The minimum Gasteiger partial charge on any atom is -0.467 e. The molecule has 2 aromatic rings. The maximum Gasteiger partial charge on any atom is 0.573 e. The summed E-state index contributed by atoms with van der Waals surface area (Å²) in [6.07, 6.45) is -3.31. The number of nitrogens with two attached hydrogens (primary N) is 1. The molecule has 3 nitrogen and oxygen atoms in total. The number of para-hydroxylation sites is 1. The van der Waals surface area contributed by atoms with Gasteiger partial charge in [0.2, 0.25) is 0 Å². The van der Waals surface area contributed by atoms with Crippen LogP contribution in [0.5, 0.6) is 5.75 Å². The lowest BCUT2D eigenvalue weighted by atomic mass is 10.0. The predicted octanol–water partition coefficient (Wildman–Crippen LogP) is 3.53. The number of ether oxygens (including phenoxy) is 1. The Morgan fingerprint density at radius 1 is 1.21 bits per heavy atom. The number of furan rings is 1. The molecule has 1 unspecified atom stereocenters. The van der Waals surface area contributed by atoms with Crippen molar-refractivity contribution < 1.29 is 22.3 Å². The molecule has 0 bridgehead atoms. The normalized spacial score (nSPS) is 13.3. The second-order valence-electron chi connectivity index (χ2n) is 4.03. The number of benzene rings is 1. The van der Waals surface area contributed by atoms with E-state index in [-0.39, 0.29) is 11.3 Å². The van der Waals surface area contributed by atoms with Crippen LogP contribution in [-0.4, -0.2) is 6.36 Å². The third-order valence-electron chi connectivity index (χ3n) is 2.66. The van der Waals surface area contributed by atoms with Gasteiger partial charge in [-0.1, -0.05) is 18.2 Å². The summed E-state index contributed by atoms with van der Waals surface area (Å²) in [5.41, 5.74) is 6.93. The number of aryl methyl sites for hydroxylation is 1. The van der Waals surface area contributed by atoms with Gasteiger partial charge in [-0.05, 0) is 24.6 Å². The Labute approximate surface area is 107 Å². The lowest BCUT2D eigenvalue weighted by Gasteiger charge is -2.17. The second-order valence-corrected chi connectivity index (χ2v) is 4.03. The fourth-order valence-corrected chi connectivity index (χ4v) is 1.80.